The van der Waals surface area contributed by atoms with E-state index in [0.29, 0.717) is 27.7 Å². The predicted molar refractivity (Wildman–Crippen MR) is 131 cm³/mol. The van der Waals surface area contributed by atoms with E-state index < -0.39 is 5.25 Å². The highest BCUT2D eigenvalue weighted by molar-refractivity contribution is 9.10. The van der Waals surface area contributed by atoms with Crippen molar-refractivity contribution < 1.29 is 19.4 Å². The number of hydrogen-bond acceptors (Lipinski definition) is 7. The fraction of sp³-hybridized carbons (Fsp3) is 0.238. The van der Waals surface area contributed by atoms with Gasteiger partial charge in [-0.15, -0.1) is 5.10 Å². The molecular weight excluding hydrogens is 520 g/mol. The minimum Gasteiger partial charge on any atom is -0.507 e. The lowest BCUT2D eigenvalue weighted by Gasteiger charge is -2.13. The van der Waals surface area contributed by atoms with Crippen LogP contribution in [0.5, 0.6) is 11.5 Å². The Kier molecular flexibility index (Phi) is 7.81. The number of rotatable bonds is 6. The van der Waals surface area contributed by atoms with Gasteiger partial charge in [0.1, 0.15) is 16.7 Å². The highest BCUT2D eigenvalue weighted by Crippen LogP contribution is 2.32. The summed E-state index contributed by atoms with van der Waals surface area (Å²) in [6.07, 6.45) is -0.0601. The van der Waals surface area contributed by atoms with Crippen LogP contribution in [0.15, 0.2) is 45.0 Å². The summed E-state index contributed by atoms with van der Waals surface area (Å²) >= 11 is 10.6. The van der Waals surface area contributed by atoms with Gasteiger partial charge in [-0.1, -0.05) is 39.3 Å². The second-order valence-electron chi connectivity index (χ2n) is 6.90. The third-order valence-electron chi connectivity index (χ3n) is 4.54. The fourth-order valence-electron chi connectivity index (χ4n) is 2.86. The molecule has 11 heteroatoms. The van der Waals surface area contributed by atoms with Gasteiger partial charge in [-0.2, -0.15) is 5.10 Å². The number of aromatic hydroxyl groups is 1. The molecule has 2 aromatic rings. The van der Waals surface area contributed by atoms with Crippen molar-refractivity contribution in [1.82, 2.24) is 5.32 Å². The molecule has 0 aliphatic carbocycles. The molecule has 0 radical (unpaired) electrons. The van der Waals surface area contributed by atoms with Gasteiger partial charge in [0.2, 0.25) is 11.8 Å². The maximum absolute atomic E-state index is 12.5. The number of anilines is 1. The molecule has 3 N–H and O–H groups in total. The second-order valence-corrected chi connectivity index (χ2v) is 9.42. The number of amidine groups is 1. The average Bonchev–Trinajstić information content (AvgIpc) is 3.09. The summed E-state index contributed by atoms with van der Waals surface area (Å²) in [5, 5.41) is 23.7. The lowest BCUT2D eigenvalue weighted by atomic mass is 10.1. The number of benzene rings is 2. The zero-order chi connectivity index (χ0) is 23.4. The average molecular weight is 540 g/mol. The van der Waals surface area contributed by atoms with Crippen LogP contribution in [0.1, 0.15) is 24.5 Å². The van der Waals surface area contributed by atoms with Gasteiger partial charge < -0.3 is 20.5 Å². The molecular formula is C21H20BrClN4O4S. The maximum atomic E-state index is 12.5. The standard InChI is InChI=1S/C21H20BrClN4O4S/c1-10-6-15(17(31-3)8-14(10)23)24-19(29)9-18-20(30)25-21(32-18)27-26-11(2)13-7-12(22)4-5-16(13)28/h4-8,18,28H,9H2,1-3H3,(H,24,29)(H,25,27,30)/b26-11-. The van der Waals surface area contributed by atoms with Gasteiger partial charge in [-0.25, -0.2) is 0 Å². The number of methoxy groups -OCH3 is 1. The van der Waals surface area contributed by atoms with Crippen molar-refractivity contribution in [3.8, 4) is 11.5 Å². The molecule has 2 aromatic carbocycles. The zero-order valence-electron chi connectivity index (χ0n) is 17.4. The first-order valence-corrected chi connectivity index (χ1v) is 11.5. The molecule has 1 saturated heterocycles. The summed E-state index contributed by atoms with van der Waals surface area (Å²) < 4.78 is 6.05. The second kappa shape index (κ2) is 10.4. The van der Waals surface area contributed by atoms with Gasteiger partial charge in [0.25, 0.3) is 0 Å². The topological polar surface area (TPSA) is 112 Å². The molecule has 0 bridgehead atoms. The Bertz CT molecular complexity index is 1140. The first-order valence-electron chi connectivity index (χ1n) is 9.40. The van der Waals surface area contributed by atoms with Crippen molar-refractivity contribution in [3.05, 3.63) is 51.0 Å². The summed E-state index contributed by atoms with van der Waals surface area (Å²) in [6, 6.07) is 8.31. The lowest BCUT2D eigenvalue weighted by molar-refractivity contribution is -0.122. The quantitative estimate of drug-likeness (QED) is 0.370. The van der Waals surface area contributed by atoms with Crippen LogP contribution < -0.4 is 15.4 Å². The first kappa shape index (κ1) is 24.1. The van der Waals surface area contributed by atoms with Gasteiger partial charge in [-0.3, -0.25) is 9.59 Å². The molecule has 1 heterocycles. The number of hydrogen-bond donors (Lipinski definition) is 3. The molecule has 2 amide bonds. The van der Waals surface area contributed by atoms with Crippen molar-refractivity contribution in [1.29, 1.82) is 0 Å². The van der Waals surface area contributed by atoms with Crippen molar-refractivity contribution >= 4 is 67.7 Å². The molecule has 0 aromatic heterocycles. The largest absolute Gasteiger partial charge is 0.507 e. The number of carbonyl (C=O) groups is 2. The van der Waals surface area contributed by atoms with Crippen LogP contribution >= 0.6 is 39.3 Å². The number of nitrogens with one attached hydrogen (secondary N) is 2. The van der Waals surface area contributed by atoms with Crippen LogP contribution in [0.2, 0.25) is 5.02 Å². The van der Waals surface area contributed by atoms with E-state index in [1.807, 2.05) is 6.92 Å². The molecule has 1 aliphatic rings. The van der Waals surface area contributed by atoms with Gasteiger partial charge in [0.05, 0.1) is 18.5 Å². The molecule has 1 unspecified atom stereocenters. The number of phenols is 1. The van der Waals surface area contributed by atoms with E-state index in [-0.39, 0.29) is 29.2 Å². The SMILES string of the molecule is COc1cc(Cl)c(C)cc1NC(=O)CC1S/C(=N/N=C(/C)c2cc(Br)ccc2O)NC1=O. The number of ether oxygens (including phenoxy) is 1. The van der Waals surface area contributed by atoms with E-state index in [2.05, 4.69) is 36.8 Å². The zero-order valence-corrected chi connectivity index (χ0v) is 20.6. The number of carbonyl (C=O) groups excluding carboxylic acids is 2. The summed E-state index contributed by atoms with van der Waals surface area (Å²) in [4.78, 5) is 24.8. The van der Waals surface area contributed by atoms with Crippen LogP contribution in [0.25, 0.3) is 0 Å². The molecule has 0 saturated carbocycles. The van der Waals surface area contributed by atoms with E-state index in [4.69, 9.17) is 16.3 Å². The predicted octanol–water partition coefficient (Wildman–Crippen LogP) is 4.47. The van der Waals surface area contributed by atoms with Gasteiger partial charge in [0.15, 0.2) is 5.17 Å². The van der Waals surface area contributed by atoms with E-state index in [9.17, 15) is 14.7 Å². The highest BCUT2D eigenvalue weighted by Gasteiger charge is 2.32. The minimum atomic E-state index is -0.650. The van der Waals surface area contributed by atoms with Crippen LogP contribution in [0.3, 0.4) is 0 Å². The van der Waals surface area contributed by atoms with Gasteiger partial charge in [-0.05, 0) is 43.7 Å². The smallest absolute Gasteiger partial charge is 0.240 e. The van der Waals surface area contributed by atoms with E-state index in [1.165, 1.54) is 7.11 Å². The molecule has 1 atom stereocenters. The Balaban J connectivity index is 1.66. The van der Waals surface area contributed by atoms with Crippen molar-refractivity contribution in [2.24, 2.45) is 10.2 Å². The summed E-state index contributed by atoms with van der Waals surface area (Å²) in [6.45, 7) is 3.51. The molecule has 8 nitrogen and oxygen atoms in total. The molecule has 1 fully saturated rings. The van der Waals surface area contributed by atoms with Gasteiger partial charge >= 0.3 is 0 Å². The highest BCUT2D eigenvalue weighted by atomic mass is 79.9. The Morgan fingerprint density at radius 3 is 2.84 bits per heavy atom. The molecule has 0 spiro atoms. The van der Waals surface area contributed by atoms with Crippen LogP contribution in [0.4, 0.5) is 5.69 Å². The number of phenolic OH excluding ortho intramolecular Hbond substituents is 1. The third kappa shape index (κ3) is 5.81. The fourth-order valence-corrected chi connectivity index (χ4v) is 4.29. The number of nitrogens with zero attached hydrogens (tertiary/aromatic N) is 2. The number of aryl methyl sites for hydroxylation is 1. The summed E-state index contributed by atoms with van der Waals surface area (Å²) in [5.41, 5.74) is 2.25. The Morgan fingerprint density at radius 1 is 1.38 bits per heavy atom. The van der Waals surface area contributed by atoms with Crippen molar-refractivity contribution in [2.45, 2.75) is 25.5 Å². The molecule has 3 rings (SSSR count). The van der Waals surface area contributed by atoms with E-state index in [0.717, 1.165) is 21.8 Å². The lowest BCUT2D eigenvalue weighted by Crippen LogP contribution is -2.28. The van der Waals surface area contributed by atoms with Gasteiger partial charge in [0, 0.05) is 27.5 Å². The Labute approximate surface area is 202 Å². The Hall–Kier alpha value is -2.56. The van der Waals surface area contributed by atoms with E-state index in [1.54, 1.807) is 37.3 Å². The maximum Gasteiger partial charge on any atom is 0.240 e. The number of thioether (sulfide) groups is 1. The van der Waals surface area contributed by atoms with E-state index >= 15 is 0 Å². The van der Waals surface area contributed by atoms with Crippen LogP contribution in [-0.2, 0) is 9.59 Å². The first-order chi connectivity index (χ1) is 15.2. The van der Waals surface area contributed by atoms with Crippen LogP contribution in [-0.4, -0.2) is 40.2 Å². The number of halogens is 2. The number of amides is 2. The normalized spacial score (nSPS) is 17.4. The summed E-state index contributed by atoms with van der Waals surface area (Å²) in [7, 11) is 1.48. The van der Waals surface area contributed by atoms with Crippen LogP contribution in [0, 0.1) is 6.92 Å². The molecule has 1 aliphatic heterocycles. The van der Waals surface area contributed by atoms with Crippen molar-refractivity contribution in [2.75, 3.05) is 12.4 Å². The minimum absolute atomic E-state index is 0.0601. The third-order valence-corrected chi connectivity index (χ3v) is 6.51. The molecule has 32 heavy (non-hydrogen) atoms. The van der Waals surface area contributed by atoms with Crippen molar-refractivity contribution in [3.63, 3.8) is 0 Å². The monoisotopic (exact) mass is 538 g/mol. The summed E-state index contributed by atoms with van der Waals surface area (Å²) in [5.74, 6) is -0.181. The molecule has 168 valence electrons. The Morgan fingerprint density at radius 2 is 2.12 bits per heavy atom.